The summed E-state index contributed by atoms with van der Waals surface area (Å²) in [4.78, 5) is 0. The normalized spacial score (nSPS) is 11.6. The predicted molar refractivity (Wildman–Crippen MR) is 108 cm³/mol. The van der Waals surface area contributed by atoms with Gasteiger partial charge in [-0.25, -0.2) is 5.10 Å². The van der Waals surface area contributed by atoms with Gasteiger partial charge in [0, 0.05) is 34.3 Å². The highest BCUT2D eigenvalue weighted by Crippen LogP contribution is 2.25. The molecule has 0 fully saturated rings. The van der Waals surface area contributed by atoms with Gasteiger partial charge in [0.25, 0.3) is 0 Å². The number of rotatable bonds is 4. The van der Waals surface area contributed by atoms with E-state index in [0.29, 0.717) is 10.6 Å². The fourth-order valence-corrected chi connectivity index (χ4v) is 3.50. The lowest BCUT2D eigenvalue weighted by molar-refractivity contribution is 0.768. The van der Waals surface area contributed by atoms with Gasteiger partial charge in [-0.05, 0) is 32.1 Å². The Morgan fingerprint density at radius 1 is 1.12 bits per heavy atom. The van der Waals surface area contributed by atoms with Crippen LogP contribution in [-0.2, 0) is 6.54 Å². The summed E-state index contributed by atoms with van der Waals surface area (Å²) in [5, 5.41) is 13.0. The molecule has 0 radical (unpaired) electrons. The van der Waals surface area contributed by atoms with E-state index in [1.165, 1.54) is 16.6 Å². The first-order chi connectivity index (χ1) is 12.7. The van der Waals surface area contributed by atoms with Crippen LogP contribution in [0.5, 0.6) is 0 Å². The van der Waals surface area contributed by atoms with Crippen molar-refractivity contribution in [1.29, 1.82) is 0 Å². The Morgan fingerprint density at radius 3 is 2.62 bits per heavy atom. The summed E-state index contributed by atoms with van der Waals surface area (Å²) in [6.45, 7) is 5.19. The minimum Gasteiger partial charge on any atom is -0.344 e. The summed E-state index contributed by atoms with van der Waals surface area (Å²) in [7, 11) is 0. The van der Waals surface area contributed by atoms with Crippen molar-refractivity contribution in [3.8, 4) is 11.4 Å². The molecule has 2 aromatic carbocycles. The number of aryl methyl sites for hydroxylation is 1. The summed E-state index contributed by atoms with van der Waals surface area (Å²) in [5.41, 5.74) is 4.47. The van der Waals surface area contributed by atoms with Gasteiger partial charge in [0.05, 0.1) is 6.21 Å². The van der Waals surface area contributed by atoms with Gasteiger partial charge in [0.15, 0.2) is 5.82 Å². The molecule has 0 aliphatic carbocycles. The monoisotopic (exact) mass is 361 g/mol. The minimum atomic E-state index is 0.469. The number of hydrogen-bond acceptors (Lipinski definition) is 3. The molecule has 0 atom stereocenters. The number of hydrogen-bond donors (Lipinski definition) is 1. The number of H-pyrrole nitrogens is 1. The van der Waals surface area contributed by atoms with Crippen LogP contribution in [0.4, 0.5) is 0 Å². The van der Waals surface area contributed by atoms with Gasteiger partial charge in [-0.2, -0.15) is 14.9 Å². The van der Waals surface area contributed by atoms with E-state index >= 15 is 0 Å². The molecule has 2 aromatic heterocycles. The maximum absolute atomic E-state index is 5.37. The second-order valence-corrected chi connectivity index (χ2v) is 6.42. The Morgan fingerprint density at radius 2 is 1.85 bits per heavy atom. The van der Waals surface area contributed by atoms with Crippen molar-refractivity contribution in [2.24, 2.45) is 5.10 Å². The van der Waals surface area contributed by atoms with E-state index in [0.717, 1.165) is 17.7 Å². The molecule has 0 unspecified atom stereocenters. The molecule has 0 spiro atoms. The van der Waals surface area contributed by atoms with E-state index in [4.69, 9.17) is 12.2 Å². The van der Waals surface area contributed by atoms with Crippen molar-refractivity contribution in [3.05, 3.63) is 70.6 Å². The average molecular weight is 361 g/mol. The summed E-state index contributed by atoms with van der Waals surface area (Å²) < 4.78 is 4.43. The summed E-state index contributed by atoms with van der Waals surface area (Å²) >= 11 is 5.37. The van der Waals surface area contributed by atoms with Gasteiger partial charge in [0.1, 0.15) is 0 Å². The smallest absolute Gasteiger partial charge is 0.216 e. The third-order valence-electron chi connectivity index (χ3n) is 4.58. The summed E-state index contributed by atoms with van der Waals surface area (Å²) in [5.74, 6) is 0.698. The SMILES string of the molecule is CCn1c(C)c(/C=N\n2c(-c3ccccc3)n[nH]c2=S)c2ccccc21. The summed E-state index contributed by atoms with van der Waals surface area (Å²) in [6, 6.07) is 18.3. The molecular weight excluding hydrogens is 342 g/mol. The molecule has 0 aliphatic heterocycles. The number of nitrogens with zero attached hydrogens (tertiary/aromatic N) is 4. The zero-order chi connectivity index (χ0) is 18.1. The fourth-order valence-electron chi connectivity index (χ4n) is 3.32. The van der Waals surface area contributed by atoms with Gasteiger partial charge in [0.2, 0.25) is 4.77 Å². The molecule has 0 aliphatic rings. The number of benzene rings is 2. The van der Waals surface area contributed by atoms with Crippen LogP contribution in [0.15, 0.2) is 59.7 Å². The maximum Gasteiger partial charge on any atom is 0.216 e. The lowest BCUT2D eigenvalue weighted by Crippen LogP contribution is -1.98. The third-order valence-corrected chi connectivity index (χ3v) is 4.84. The Kier molecular flexibility index (Phi) is 4.26. The minimum absolute atomic E-state index is 0.469. The maximum atomic E-state index is 5.37. The summed E-state index contributed by atoms with van der Waals surface area (Å²) in [6.07, 6.45) is 1.88. The van der Waals surface area contributed by atoms with Crippen molar-refractivity contribution in [2.45, 2.75) is 20.4 Å². The second-order valence-electron chi connectivity index (χ2n) is 6.04. The van der Waals surface area contributed by atoms with Gasteiger partial charge in [-0.3, -0.25) is 0 Å². The first-order valence-electron chi connectivity index (χ1n) is 8.55. The fraction of sp³-hybridized carbons (Fsp3) is 0.150. The van der Waals surface area contributed by atoms with Crippen LogP contribution in [0, 0.1) is 11.7 Å². The first-order valence-corrected chi connectivity index (χ1v) is 8.96. The molecular formula is C20H19N5S. The molecule has 0 bridgehead atoms. The van der Waals surface area contributed by atoms with Crippen LogP contribution in [0.2, 0.25) is 0 Å². The van der Waals surface area contributed by atoms with E-state index in [1.807, 2.05) is 36.5 Å². The number of fused-ring (bicyclic) bond motifs is 1. The standard InChI is InChI=1S/C20H19N5S/c1-3-24-14(2)17(16-11-7-8-12-18(16)24)13-21-25-19(22-23-20(25)26)15-9-5-4-6-10-15/h4-13H,3H2,1-2H3,(H,23,26)/b21-13-. The molecule has 4 rings (SSSR count). The van der Waals surface area contributed by atoms with Crippen LogP contribution in [0.1, 0.15) is 18.2 Å². The number of para-hydroxylation sites is 1. The Hall–Kier alpha value is -2.99. The van der Waals surface area contributed by atoms with E-state index in [-0.39, 0.29) is 0 Å². The van der Waals surface area contributed by atoms with Crippen LogP contribution >= 0.6 is 12.2 Å². The molecule has 130 valence electrons. The molecule has 2 heterocycles. The average Bonchev–Trinajstić information content (AvgIpc) is 3.17. The van der Waals surface area contributed by atoms with Gasteiger partial charge in [-0.1, -0.05) is 48.5 Å². The molecule has 26 heavy (non-hydrogen) atoms. The van der Waals surface area contributed by atoms with E-state index in [9.17, 15) is 0 Å². The Balaban J connectivity index is 1.84. The molecule has 1 N–H and O–H groups in total. The molecule has 4 aromatic rings. The van der Waals surface area contributed by atoms with Gasteiger partial charge < -0.3 is 4.57 Å². The Bertz CT molecular complexity index is 1150. The van der Waals surface area contributed by atoms with Crippen molar-refractivity contribution < 1.29 is 0 Å². The topological polar surface area (TPSA) is 50.9 Å². The molecule has 0 saturated carbocycles. The molecule has 0 amide bonds. The molecule has 0 saturated heterocycles. The number of aromatic amines is 1. The van der Waals surface area contributed by atoms with Gasteiger partial charge >= 0.3 is 0 Å². The molecule has 6 heteroatoms. The van der Waals surface area contributed by atoms with Crippen LogP contribution in [-0.4, -0.2) is 25.7 Å². The largest absolute Gasteiger partial charge is 0.344 e. The predicted octanol–water partition coefficient (Wildman–Crippen LogP) is 4.77. The lowest BCUT2D eigenvalue weighted by atomic mass is 10.1. The zero-order valence-corrected chi connectivity index (χ0v) is 15.5. The van der Waals surface area contributed by atoms with E-state index < -0.39 is 0 Å². The van der Waals surface area contributed by atoms with Crippen LogP contribution in [0.3, 0.4) is 0 Å². The Labute approximate surface area is 156 Å². The highest BCUT2D eigenvalue weighted by molar-refractivity contribution is 7.71. The number of aromatic nitrogens is 4. The van der Waals surface area contributed by atoms with Crippen molar-refractivity contribution >= 4 is 29.3 Å². The lowest BCUT2D eigenvalue weighted by Gasteiger charge is -2.03. The van der Waals surface area contributed by atoms with Crippen molar-refractivity contribution in [1.82, 2.24) is 19.4 Å². The van der Waals surface area contributed by atoms with E-state index in [2.05, 4.69) is 58.0 Å². The van der Waals surface area contributed by atoms with Crippen LogP contribution in [0.25, 0.3) is 22.3 Å². The van der Waals surface area contributed by atoms with Gasteiger partial charge in [-0.15, -0.1) is 0 Å². The highest BCUT2D eigenvalue weighted by Gasteiger charge is 2.12. The molecule has 5 nitrogen and oxygen atoms in total. The number of nitrogens with one attached hydrogen (secondary N) is 1. The van der Waals surface area contributed by atoms with Crippen molar-refractivity contribution in [2.75, 3.05) is 0 Å². The van der Waals surface area contributed by atoms with Crippen molar-refractivity contribution in [3.63, 3.8) is 0 Å². The van der Waals surface area contributed by atoms with Crippen LogP contribution < -0.4 is 0 Å². The second kappa shape index (κ2) is 6.72. The first kappa shape index (κ1) is 16.5. The van der Waals surface area contributed by atoms with E-state index in [1.54, 1.807) is 4.68 Å². The quantitative estimate of drug-likeness (QED) is 0.420. The highest BCUT2D eigenvalue weighted by atomic mass is 32.1. The third kappa shape index (κ3) is 2.68. The zero-order valence-electron chi connectivity index (χ0n) is 14.7.